The molecule has 5 nitrogen and oxygen atoms in total. The molecular formula is C12H10N2O3. The minimum absolute atomic E-state index is 0.151. The van der Waals surface area contributed by atoms with E-state index in [-0.39, 0.29) is 5.69 Å². The van der Waals surface area contributed by atoms with E-state index in [0.717, 1.165) is 0 Å². The van der Waals surface area contributed by atoms with Crippen LogP contribution in [0, 0.1) is 0 Å². The molecule has 0 amide bonds. The topological polar surface area (TPSA) is 61.3 Å². The fraction of sp³-hybridized carbons (Fsp3) is 0.0833. The maximum atomic E-state index is 11.7. The molecule has 0 N–H and O–H groups in total. The van der Waals surface area contributed by atoms with Gasteiger partial charge in [-0.15, -0.1) is 0 Å². The standard InChI is InChI=1S/C12H10N2O3/c1-16-10-4-2-3-5-11(10)17-12(15)9-8-13-6-7-14-9/h2-8H,1H3. The normalized spacial score (nSPS) is 9.71. The molecule has 0 aliphatic heterocycles. The van der Waals surface area contributed by atoms with Crippen molar-refractivity contribution in [3.05, 3.63) is 48.5 Å². The van der Waals surface area contributed by atoms with Crippen molar-refractivity contribution in [1.82, 2.24) is 9.97 Å². The average Bonchev–Trinajstić information content (AvgIpc) is 2.40. The van der Waals surface area contributed by atoms with Crippen LogP contribution in [0.15, 0.2) is 42.9 Å². The summed E-state index contributed by atoms with van der Waals surface area (Å²) in [6, 6.07) is 6.90. The van der Waals surface area contributed by atoms with E-state index in [9.17, 15) is 4.79 Å². The summed E-state index contributed by atoms with van der Waals surface area (Å²) in [5, 5.41) is 0. The highest BCUT2D eigenvalue weighted by Crippen LogP contribution is 2.26. The van der Waals surface area contributed by atoms with Crippen molar-refractivity contribution in [2.45, 2.75) is 0 Å². The molecular weight excluding hydrogens is 220 g/mol. The quantitative estimate of drug-likeness (QED) is 0.593. The molecule has 5 heteroatoms. The lowest BCUT2D eigenvalue weighted by atomic mass is 10.3. The highest BCUT2D eigenvalue weighted by molar-refractivity contribution is 5.88. The number of para-hydroxylation sites is 2. The van der Waals surface area contributed by atoms with Crippen molar-refractivity contribution in [3.63, 3.8) is 0 Å². The van der Waals surface area contributed by atoms with Crippen LogP contribution in [0.25, 0.3) is 0 Å². The van der Waals surface area contributed by atoms with Gasteiger partial charge in [0.25, 0.3) is 0 Å². The Balaban J connectivity index is 2.19. The first kappa shape index (κ1) is 11.1. The molecule has 0 fully saturated rings. The Labute approximate surface area is 98.0 Å². The van der Waals surface area contributed by atoms with E-state index in [1.54, 1.807) is 24.3 Å². The van der Waals surface area contributed by atoms with E-state index in [0.29, 0.717) is 11.5 Å². The minimum Gasteiger partial charge on any atom is -0.493 e. The molecule has 1 aromatic heterocycles. The van der Waals surface area contributed by atoms with Gasteiger partial charge < -0.3 is 9.47 Å². The largest absolute Gasteiger partial charge is 0.493 e. The van der Waals surface area contributed by atoms with Crippen molar-refractivity contribution < 1.29 is 14.3 Å². The number of methoxy groups -OCH3 is 1. The Morgan fingerprint density at radius 3 is 2.59 bits per heavy atom. The Morgan fingerprint density at radius 2 is 1.94 bits per heavy atom. The zero-order valence-electron chi connectivity index (χ0n) is 9.16. The molecule has 0 spiro atoms. The van der Waals surface area contributed by atoms with Gasteiger partial charge in [-0.3, -0.25) is 4.98 Å². The van der Waals surface area contributed by atoms with Crippen LogP contribution in [0.1, 0.15) is 10.5 Å². The van der Waals surface area contributed by atoms with Gasteiger partial charge in [0.1, 0.15) is 0 Å². The molecule has 17 heavy (non-hydrogen) atoms. The molecule has 0 unspecified atom stereocenters. The van der Waals surface area contributed by atoms with Crippen LogP contribution in [0.4, 0.5) is 0 Å². The van der Waals surface area contributed by atoms with Crippen molar-refractivity contribution in [3.8, 4) is 11.5 Å². The molecule has 86 valence electrons. The van der Waals surface area contributed by atoms with Gasteiger partial charge in [-0.25, -0.2) is 9.78 Å². The van der Waals surface area contributed by atoms with E-state index in [1.807, 2.05) is 0 Å². The second-order valence-corrected chi connectivity index (χ2v) is 3.13. The second-order valence-electron chi connectivity index (χ2n) is 3.13. The number of hydrogen-bond acceptors (Lipinski definition) is 5. The summed E-state index contributed by atoms with van der Waals surface area (Å²) in [6.45, 7) is 0. The fourth-order valence-electron chi connectivity index (χ4n) is 1.26. The SMILES string of the molecule is COc1ccccc1OC(=O)c1cnccn1. The molecule has 0 radical (unpaired) electrons. The Morgan fingerprint density at radius 1 is 1.18 bits per heavy atom. The summed E-state index contributed by atoms with van der Waals surface area (Å²) < 4.78 is 10.2. The van der Waals surface area contributed by atoms with E-state index < -0.39 is 5.97 Å². The van der Waals surface area contributed by atoms with E-state index in [1.165, 1.54) is 25.7 Å². The van der Waals surface area contributed by atoms with Gasteiger partial charge in [-0.2, -0.15) is 0 Å². The van der Waals surface area contributed by atoms with Crippen molar-refractivity contribution in [2.24, 2.45) is 0 Å². The lowest BCUT2D eigenvalue weighted by molar-refractivity contribution is 0.0723. The van der Waals surface area contributed by atoms with E-state index >= 15 is 0 Å². The van der Waals surface area contributed by atoms with Crippen LogP contribution in [0.5, 0.6) is 11.5 Å². The van der Waals surface area contributed by atoms with Gasteiger partial charge in [0.2, 0.25) is 0 Å². The third kappa shape index (κ3) is 2.57. The monoisotopic (exact) mass is 230 g/mol. The van der Waals surface area contributed by atoms with Gasteiger partial charge in [-0.1, -0.05) is 12.1 Å². The summed E-state index contributed by atoms with van der Waals surface area (Å²) in [4.78, 5) is 19.3. The molecule has 2 aromatic rings. The van der Waals surface area contributed by atoms with Gasteiger partial charge in [0.15, 0.2) is 17.2 Å². The van der Waals surface area contributed by atoms with Crippen molar-refractivity contribution >= 4 is 5.97 Å². The van der Waals surface area contributed by atoms with Crippen LogP contribution in [-0.4, -0.2) is 23.0 Å². The number of hydrogen-bond donors (Lipinski definition) is 0. The maximum absolute atomic E-state index is 11.7. The van der Waals surface area contributed by atoms with Crippen molar-refractivity contribution in [1.29, 1.82) is 0 Å². The third-order valence-corrected chi connectivity index (χ3v) is 2.04. The highest BCUT2D eigenvalue weighted by Gasteiger charge is 2.12. The Hall–Kier alpha value is -2.43. The van der Waals surface area contributed by atoms with E-state index in [4.69, 9.17) is 9.47 Å². The molecule has 1 heterocycles. The number of esters is 1. The Bertz CT molecular complexity index is 514. The van der Waals surface area contributed by atoms with Crippen LogP contribution < -0.4 is 9.47 Å². The zero-order chi connectivity index (χ0) is 12.1. The van der Waals surface area contributed by atoms with Gasteiger partial charge in [-0.05, 0) is 12.1 Å². The predicted octanol–water partition coefficient (Wildman–Crippen LogP) is 1.70. The highest BCUT2D eigenvalue weighted by atomic mass is 16.6. The molecule has 0 saturated carbocycles. The summed E-state index contributed by atoms with van der Waals surface area (Å²) >= 11 is 0. The molecule has 0 atom stereocenters. The number of carbonyl (C=O) groups excluding carboxylic acids is 1. The van der Waals surface area contributed by atoms with Crippen LogP contribution >= 0.6 is 0 Å². The predicted molar refractivity (Wildman–Crippen MR) is 60.0 cm³/mol. The Kier molecular flexibility index (Phi) is 3.30. The van der Waals surface area contributed by atoms with Crippen LogP contribution in [-0.2, 0) is 0 Å². The lowest BCUT2D eigenvalue weighted by Crippen LogP contribution is -2.11. The maximum Gasteiger partial charge on any atom is 0.364 e. The summed E-state index contributed by atoms with van der Waals surface area (Å²) in [5.74, 6) is 0.276. The first-order chi connectivity index (χ1) is 8.31. The van der Waals surface area contributed by atoms with Gasteiger partial charge >= 0.3 is 5.97 Å². The molecule has 0 saturated heterocycles. The first-order valence-electron chi connectivity index (χ1n) is 4.92. The summed E-state index contributed by atoms with van der Waals surface area (Å²) in [7, 11) is 1.51. The molecule has 2 rings (SSSR count). The van der Waals surface area contributed by atoms with Crippen LogP contribution in [0.3, 0.4) is 0 Å². The molecule has 0 bridgehead atoms. The van der Waals surface area contributed by atoms with Gasteiger partial charge in [0, 0.05) is 12.4 Å². The smallest absolute Gasteiger partial charge is 0.364 e. The van der Waals surface area contributed by atoms with Gasteiger partial charge in [0.05, 0.1) is 13.3 Å². The molecule has 0 aliphatic rings. The number of benzene rings is 1. The number of rotatable bonds is 3. The second kappa shape index (κ2) is 5.07. The average molecular weight is 230 g/mol. The number of carbonyl (C=O) groups is 1. The fourth-order valence-corrected chi connectivity index (χ4v) is 1.26. The summed E-state index contributed by atoms with van der Waals surface area (Å²) in [6.07, 6.45) is 4.26. The van der Waals surface area contributed by atoms with Crippen LogP contribution in [0.2, 0.25) is 0 Å². The first-order valence-corrected chi connectivity index (χ1v) is 4.92. The zero-order valence-corrected chi connectivity index (χ0v) is 9.16. The summed E-state index contributed by atoms with van der Waals surface area (Å²) in [5.41, 5.74) is 0.151. The number of ether oxygens (including phenoxy) is 2. The van der Waals surface area contributed by atoms with E-state index in [2.05, 4.69) is 9.97 Å². The lowest BCUT2D eigenvalue weighted by Gasteiger charge is -2.07. The third-order valence-electron chi connectivity index (χ3n) is 2.04. The number of aromatic nitrogens is 2. The number of nitrogens with zero attached hydrogens (tertiary/aromatic N) is 2. The minimum atomic E-state index is -0.567. The molecule has 1 aromatic carbocycles. The van der Waals surface area contributed by atoms with Crippen molar-refractivity contribution in [2.75, 3.05) is 7.11 Å². The molecule has 0 aliphatic carbocycles.